The summed E-state index contributed by atoms with van der Waals surface area (Å²) in [4.78, 5) is 17.5. The number of rotatable bonds is 6. The van der Waals surface area contributed by atoms with E-state index >= 15 is 0 Å². The number of amides is 1. The molecule has 1 aromatic heterocycles. The Bertz CT molecular complexity index is 769. The van der Waals surface area contributed by atoms with Crippen LogP contribution in [0.25, 0.3) is 0 Å². The molecule has 156 valence electrons. The smallest absolute Gasteiger partial charge is 0.274 e. The molecule has 0 spiro atoms. The molecule has 1 aromatic carbocycles. The third kappa shape index (κ3) is 5.46. The van der Waals surface area contributed by atoms with Crippen molar-refractivity contribution in [3.8, 4) is 0 Å². The molecule has 0 aliphatic carbocycles. The van der Waals surface area contributed by atoms with Gasteiger partial charge in [-0.1, -0.05) is 30.3 Å². The highest BCUT2D eigenvalue weighted by Gasteiger charge is 2.23. The highest BCUT2D eigenvalue weighted by atomic mass is 16.2. The lowest BCUT2D eigenvalue weighted by Crippen LogP contribution is -2.36. The molecule has 1 unspecified atom stereocenters. The zero-order valence-corrected chi connectivity index (χ0v) is 17.3. The number of hydrogen-bond donors (Lipinski definition) is 1. The molecule has 1 atom stereocenters. The Kier molecular flexibility index (Phi) is 6.96. The summed E-state index contributed by atoms with van der Waals surface area (Å²) in [5.41, 5.74) is 2.00. The number of nitrogens with zero attached hydrogens (tertiary/aromatic N) is 4. The minimum Gasteiger partial charge on any atom is -0.336 e. The van der Waals surface area contributed by atoms with Crippen LogP contribution in [0.5, 0.6) is 0 Å². The zero-order chi connectivity index (χ0) is 19.9. The molecule has 6 nitrogen and oxygen atoms in total. The van der Waals surface area contributed by atoms with E-state index in [1.54, 1.807) is 0 Å². The maximum atomic E-state index is 13.0. The molecule has 4 rings (SSSR count). The fourth-order valence-corrected chi connectivity index (χ4v) is 4.43. The third-order valence-corrected chi connectivity index (χ3v) is 6.13. The van der Waals surface area contributed by atoms with Gasteiger partial charge in [-0.15, -0.1) is 0 Å². The molecule has 2 aliphatic heterocycles. The second kappa shape index (κ2) is 10.0. The third-order valence-electron chi connectivity index (χ3n) is 6.13. The number of carbonyl (C=O) groups excluding carboxylic acids is 1. The molecule has 2 aromatic rings. The molecule has 6 heteroatoms. The predicted molar refractivity (Wildman–Crippen MR) is 115 cm³/mol. The van der Waals surface area contributed by atoms with Crippen LogP contribution in [0.4, 0.5) is 0 Å². The van der Waals surface area contributed by atoms with E-state index in [0.29, 0.717) is 11.7 Å². The number of aryl methyl sites for hydroxylation is 1. The molecule has 2 aliphatic rings. The van der Waals surface area contributed by atoms with Crippen LogP contribution in [0.2, 0.25) is 0 Å². The number of carbonyl (C=O) groups is 1. The summed E-state index contributed by atoms with van der Waals surface area (Å²) in [5, 5.41) is 8.03. The normalized spacial score (nSPS) is 21.1. The van der Waals surface area contributed by atoms with Crippen molar-refractivity contribution < 1.29 is 4.79 Å². The van der Waals surface area contributed by atoms with Crippen molar-refractivity contribution in [2.45, 2.75) is 38.1 Å². The SMILES string of the molecule is O=C(c1ccn(C2CCCNC2)n1)N1CCCN(CCCc2ccccc2)CC1. The van der Waals surface area contributed by atoms with Crippen LogP contribution in [0.15, 0.2) is 42.6 Å². The van der Waals surface area contributed by atoms with Gasteiger partial charge in [-0.3, -0.25) is 9.48 Å². The van der Waals surface area contributed by atoms with Crippen LogP contribution in [0.1, 0.15) is 47.8 Å². The topological polar surface area (TPSA) is 53.4 Å². The van der Waals surface area contributed by atoms with E-state index in [1.165, 1.54) is 12.0 Å². The minimum atomic E-state index is 0.0821. The van der Waals surface area contributed by atoms with E-state index in [2.05, 4.69) is 45.6 Å². The van der Waals surface area contributed by atoms with E-state index in [-0.39, 0.29) is 5.91 Å². The first kappa shape index (κ1) is 20.1. The fraction of sp³-hybridized carbons (Fsp3) is 0.565. The average molecular weight is 396 g/mol. The molecule has 0 radical (unpaired) electrons. The Morgan fingerprint density at radius 2 is 1.97 bits per heavy atom. The second-order valence-corrected chi connectivity index (χ2v) is 8.26. The van der Waals surface area contributed by atoms with Crippen LogP contribution in [-0.4, -0.2) is 71.3 Å². The lowest BCUT2D eigenvalue weighted by Gasteiger charge is -2.23. The molecule has 1 amide bonds. The summed E-state index contributed by atoms with van der Waals surface area (Å²) >= 11 is 0. The van der Waals surface area contributed by atoms with Gasteiger partial charge in [0, 0.05) is 32.4 Å². The van der Waals surface area contributed by atoms with Gasteiger partial charge in [0.05, 0.1) is 6.04 Å². The number of aromatic nitrogens is 2. The number of hydrogen-bond acceptors (Lipinski definition) is 4. The lowest BCUT2D eigenvalue weighted by atomic mass is 10.1. The summed E-state index contributed by atoms with van der Waals surface area (Å²) < 4.78 is 1.98. The average Bonchev–Trinajstić information content (AvgIpc) is 3.15. The van der Waals surface area contributed by atoms with Crippen LogP contribution in [0.3, 0.4) is 0 Å². The Morgan fingerprint density at radius 1 is 1.07 bits per heavy atom. The molecule has 2 fully saturated rings. The van der Waals surface area contributed by atoms with Gasteiger partial charge in [0.15, 0.2) is 0 Å². The van der Waals surface area contributed by atoms with Crippen molar-refractivity contribution in [2.75, 3.05) is 45.8 Å². The molecule has 0 saturated carbocycles. The summed E-state index contributed by atoms with van der Waals surface area (Å²) in [5.74, 6) is 0.0821. The van der Waals surface area contributed by atoms with Crippen molar-refractivity contribution in [2.24, 2.45) is 0 Å². The Hall–Kier alpha value is -2.18. The van der Waals surface area contributed by atoms with Crippen molar-refractivity contribution in [3.05, 3.63) is 53.9 Å². The fourth-order valence-electron chi connectivity index (χ4n) is 4.43. The highest BCUT2D eigenvalue weighted by molar-refractivity contribution is 5.92. The van der Waals surface area contributed by atoms with E-state index in [4.69, 9.17) is 0 Å². The first-order valence-electron chi connectivity index (χ1n) is 11.1. The van der Waals surface area contributed by atoms with Gasteiger partial charge in [0.1, 0.15) is 5.69 Å². The van der Waals surface area contributed by atoms with E-state index < -0.39 is 0 Å². The van der Waals surface area contributed by atoms with Gasteiger partial charge in [-0.05, 0) is 63.4 Å². The van der Waals surface area contributed by atoms with Gasteiger partial charge in [-0.2, -0.15) is 5.10 Å². The molecule has 0 bridgehead atoms. The Labute approximate surface area is 173 Å². The molecule has 29 heavy (non-hydrogen) atoms. The first-order valence-corrected chi connectivity index (χ1v) is 11.1. The summed E-state index contributed by atoms with van der Waals surface area (Å²) in [6, 6.07) is 12.9. The van der Waals surface area contributed by atoms with Crippen molar-refractivity contribution in [1.82, 2.24) is 24.9 Å². The van der Waals surface area contributed by atoms with Crippen LogP contribution >= 0.6 is 0 Å². The van der Waals surface area contributed by atoms with E-state index in [9.17, 15) is 4.79 Å². The van der Waals surface area contributed by atoms with Gasteiger partial charge < -0.3 is 15.1 Å². The summed E-state index contributed by atoms with van der Waals surface area (Å²) in [6.07, 6.45) is 7.58. The van der Waals surface area contributed by atoms with Gasteiger partial charge in [0.2, 0.25) is 0 Å². The summed E-state index contributed by atoms with van der Waals surface area (Å²) in [6.45, 7) is 6.76. The molecular weight excluding hydrogens is 362 g/mol. The molecule has 2 saturated heterocycles. The quantitative estimate of drug-likeness (QED) is 0.817. The molecule has 3 heterocycles. The second-order valence-electron chi connectivity index (χ2n) is 8.26. The number of nitrogens with one attached hydrogen (secondary N) is 1. The van der Waals surface area contributed by atoms with Crippen LogP contribution in [0, 0.1) is 0 Å². The zero-order valence-electron chi connectivity index (χ0n) is 17.3. The number of piperidine rings is 1. The molecule has 1 N–H and O–H groups in total. The summed E-state index contributed by atoms with van der Waals surface area (Å²) in [7, 11) is 0. The predicted octanol–water partition coefficient (Wildman–Crippen LogP) is 2.59. The standard InChI is InChI=1S/C23H33N5O/c29-23(22-11-16-28(25-22)21-10-4-12-24-19-21)27-15-6-14-26(17-18-27)13-5-9-20-7-2-1-3-8-20/h1-3,7-8,11,16,21,24H,4-6,9-10,12-15,17-19H2. The van der Waals surface area contributed by atoms with Gasteiger partial charge >= 0.3 is 0 Å². The largest absolute Gasteiger partial charge is 0.336 e. The highest BCUT2D eigenvalue weighted by Crippen LogP contribution is 2.17. The van der Waals surface area contributed by atoms with Crippen molar-refractivity contribution in [1.29, 1.82) is 0 Å². The maximum Gasteiger partial charge on any atom is 0.274 e. The Balaban J connectivity index is 1.25. The maximum absolute atomic E-state index is 13.0. The van der Waals surface area contributed by atoms with Gasteiger partial charge in [0.25, 0.3) is 5.91 Å². The molecular formula is C23H33N5O. The Morgan fingerprint density at radius 3 is 2.79 bits per heavy atom. The minimum absolute atomic E-state index is 0.0821. The lowest BCUT2D eigenvalue weighted by molar-refractivity contribution is 0.0754. The van der Waals surface area contributed by atoms with Crippen molar-refractivity contribution in [3.63, 3.8) is 0 Å². The van der Waals surface area contributed by atoms with E-state index in [0.717, 1.165) is 71.5 Å². The van der Waals surface area contributed by atoms with Crippen molar-refractivity contribution >= 4 is 5.91 Å². The van der Waals surface area contributed by atoms with Gasteiger partial charge in [-0.25, -0.2) is 0 Å². The monoisotopic (exact) mass is 395 g/mol. The first-order chi connectivity index (χ1) is 14.3. The number of benzene rings is 1. The van der Waals surface area contributed by atoms with Crippen LogP contribution < -0.4 is 5.32 Å². The van der Waals surface area contributed by atoms with Crippen LogP contribution in [-0.2, 0) is 6.42 Å². The van der Waals surface area contributed by atoms with E-state index in [1.807, 2.05) is 21.8 Å².